The third kappa shape index (κ3) is 2.85. The third-order valence-electron chi connectivity index (χ3n) is 4.94. The van der Waals surface area contributed by atoms with Gasteiger partial charge in [0.2, 0.25) is 5.78 Å². The van der Waals surface area contributed by atoms with Crippen LogP contribution in [0.4, 0.5) is 0 Å². The lowest BCUT2D eigenvalue weighted by atomic mass is 10.3. The molecule has 0 aliphatic heterocycles. The zero-order chi connectivity index (χ0) is 20.0. The normalized spacial score (nSPS) is 11.8. The Hall–Kier alpha value is -3.33. The van der Waals surface area contributed by atoms with E-state index in [9.17, 15) is 9.90 Å². The van der Waals surface area contributed by atoms with Crippen molar-refractivity contribution in [1.29, 1.82) is 0 Å². The molecule has 0 bridgehead atoms. The van der Waals surface area contributed by atoms with Gasteiger partial charge in [-0.1, -0.05) is 36.0 Å². The van der Waals surface area contributed by atoms with Crippen LogP contribution in [0.3, 0.4) is 0 Å². The summed E-state index contributed by atoms with van der Waals surface area (Å²) >= 11 is 1.55. The molecule has 29 heavy (non-hydrogen) atoms. The summed E-state index contributed by atoms with van der Waals surface area (Å²) in [5.41, 5.74) is 3.81. The Morgan fingerprint density at radius 3 is 2.48 bits per heavy atom. The summed E-state index contributed by atoms with van der Waals surface area (Å²) in [6.07, 6.45) is 0. The minimum Gasteiger partial charge on any atom is -0.480 e. The van der Waals surface area contributed by atoms with E-state index >= 15 is 0 Å². The number of aromatic nitrogens is 6. The lowest BCUT2D eigenvalue weighted by Crippen LogP contribution is -2.08. The van der Waals surface area contributed by atoms with Gasteiger partial charge in [-0.05, 0) is 31.2 Å². The average Bonchev–Trinajstić information content (AvgIpc) is 3.38. The Balaban J connectivity index is 1.56. The molecular weight excluding hydrogens is 388 g/mol. The summed E-state index contributed by atoms with van der Waals surface area (Å²) in [6, 6.07) is 15.8. The summed E-state index contributed by atoms with van der Waals surface area (Å²) in [5.74, 6) is 1.23. The van der Waals surface area contributed by atoms with Crippen LogP contribution in [0.1, 0.15) is 12.7 Å². The lowest BCUT2D eigenvalue weighted by molar-refractivity contribution is -0.137. The van der Waals surface area contributed by atoms with Gasteiger partial charge in [0.25, 0.3) is 0 Å². The van der Waals surface area contributed by atoms with Crippen molar-refractivity contribution >= 4 is 45.6 Å². The molecule has 2 aromatic carbocycles. The van der Waals surface area contributed by atoms with Crippen LogP contribution in [0.5, 0.6) is 0 Å². The van der Waals surface area contributed by atoms with E-state index in [1.54, 1.807) is 16.3 Å². The molecule has 3 aromatic heterocycles. The van der Waals surface area contributed by atoms with Crippen LogP contribution >= 0.6 is 11.8 Å². The van der Waals surface area contributed by atoms with Gasteiger partial charge in [-0.2, -0.15) is 0 Å². The molecule has 0 radical (unpaired) electrons. The van der Waals surface area contributed by atoms with E-state index in [2.05, 4.69) is 27.8 Å². The van der Waals surface area contributed by atoms with Crippen LogP contribution in [0.2, 0.25) is 0 Å². The average molecular weight is 406 g/mol. The second kappa shape index (κ2) is 6.93. The topological polar surface area (TPSA) is 90.2 Å². The number of para-hydroxylation sites is 4. The summed E-state index contributed by atoms with van der Waals surface area (Å²) in [4.78, 5) is 16.1. The first-order chi connectivity index (χ1) is 14.2. The van der Waals surface area contributed by atoms with Gasteiger partial charge in [0.1, 0.15) is 12.4 Å². The fourth-order valence-corrected chi connectivity index (χ4v) is 4.63. The van der Waals surface area contributed by atoms with Crippen molar-refractivity contribution in [1.82, 2.24) is 28.7 Å². The van der Waals surface area contributed by atoms with Gasteiger partial charge >= 0.3 is 5.97 Å². The highest BCUT2D eigenvalue weighted by Crippen LogP contribution is 2.28. The summed E-state index contributed by atoms with van der Waals surface area (Å²) in [7, 11) is 0. The molecule has 146 valence electrons. The van der Waals surface area contributed by atoms with E-state index in [4.69, 9.17) is 4.98 Å². The highest BCUT2D eigenvalue weighted by Gasteiger charge is 2.19. The second-order valence-corrected chi connectivity index (χ2v) is 7.58. The standard InChI is InChI=1S/C20H18N6O2S/c1-2-24-14-8-4-3-7-13(14)21-17(24)12-29-20-23-22-19-25(11-18(27)28)15-9-5-6-10-16(15)26(19)20/h3-10H,2,11-12H2,1H3,(H,27,28). The Kier molecular flexibility index (Phi) is 4.24. The molecule has 0 atom stereocenters. The van der Waals surface area contributed by atoms with Gasteiger partial charge < -0.3 is 9.67 Å². The van der Waals surface area contributed by atoms with E-state index in [0.717, 1.165) is 39.6 Å². The number of aryl methyl sites for hydroxylation is 1. The Morgan fingerprint density at radius 2 is 1.72 bits per heavy atom. The molecule has 8 nitrogen and oxygen atoms in total. The molecule has 0 spiro atoms. The maximum Gasteiger partial charge on any atom is 0.323 e. The van der Waals surface area contributed by atoms with Gasteiger partial charge in [-0.3, -0.25) is 13.8 Å². The van der Waals surface area contributed by atoms with Crippen molar-refractivity contribution in [2.75, 3.05) is 0 Å². The summed E-state index contributed by atoms with van der Waals surface area (Å²) < 4.78 is 5.80. The number of imidazole rings is 2. The largest absolute Gasteiger partial charge is 0.480 e. The van der Waals surface area contributed by atoms with Gasteiger partial charge in [-0.15, -0.1) is 10.2 Å². The first-order valence-electron chi connectivity index (χ1n) is 9.28. The minimum atomic E-state index is -0.915. The Bertz CT molecular complexity index is 1370. The van der Waals surface area contributed by atoms with E-state index in [1.807, 2.05) is 46.9 Å². The zero-order valence-electron chi connectivity index (χ0n) is 15.7. The van der Waals surface area contributed by atoms with Crippen molar-refractivity contribution in [2.24, 2.45) is 0 Å². The van der Waals surface area contributed by atoms with Crippen molar-refractivity contribution in [2.45, 2.75) is 30.9 Å². The predicted molar refractivity (Wildman–Crippen MR) is 111 cm³/mol. The molecule has 0 aliphatic rings. The van der Waals surface area contributed by atoms with Crippen LogP contribution in [0.25, 0.3) is 27.8 Å². The Labute approximate surface area is 169 Å². The van der Waals surface area contributed by atoms with Gasteiger partial charge in [0.05, 0.1) is 27.8 Å². The van der Waals surface area contributed by atoms with Crippen molar-refractivity contribution in [3.63, 3.8) is 0 Å². The van der Waals surface area contributed by atoms with Crippen LogP contribution in [-0.4, -0.2) is 39.8 Å². The molecule has 0 saturated heterocycles. The number of hydrogen-bond donors (Lipinski definition) is 1. The SMILES string of the molecule is CCn1c(CSc2nnc3n(CC(=O)O)c4ccccc4n23)nc2ccccc21. The number of carbonyl (C=O) groups is 1. The highest BCUT2D eigenvalue weighted by atomic mass is 32.2. The Morgan fingerprint density at radius 1 is 1.00 bits per heavy atom. The highest BCUT2D eigenvalue weighted by molar-refractivity contribution is 7.98. The monoisotopic (exact) mass is 406 g/mol. The number of benzene rings is 2. The van der Waals surface area contributed by atoms with E-state index < -0.39 is 5.97 Å². The van der Waals surface area contributed by atoms with Gasteiger partial charge in [0.15, 0.2) is 5.16 Å². The molecule has 5 aromatic rings. The second-order valence-electron chi connectivity index (χ2n) is 6.64. The number of rotatable bonds is 6. The summed E-state index contributed by atoms with van der Waals surface area (Å²) in [6.45, 7) is 2.78. The van der Waals surface area contributed by atoms with Crippen LogP contribution < -0.4 is 0 Å². The van der Waals surface area contributed by atoms with Crippen LogP contribution in [0, 0.1) is 0 Å². The molecule has 0 aliphatic carbocycles. The quantitative estimate of drug-likeness (QED) is 0.435. The molecule has 0 fully saturated rings. The molecule has 0 unspecified atom stereocenters. The minimum absolute atomic E-state index is 0.161. The van der Waals surface area contributed by atoms with Gasteiger partial charge in [-0.25, -0.2) is 4.98 Å². The van der Waals surface area contributed by atoms with Gasteiger partial charge in [0, 0.05) is 6.54 Å². The lowest BCUT2D eigenvalue weighted by Gasteiger charge is -2.05. The molecule has 5 rings (SSSR count). The molecule has 0 saturated carbocycles. The molecule has 9 heteroatoms. The maximum atomic E-state index is 11.3. The fourth-order valence-electron chi connectivity index (χ4n) is 3.74. The number of aliphatic carboxylic acids is 1. The van der Waals surface area contributed by atoms with E-state index in [1.165, 1.54) is 0 Å². The first kappa shape index (κ1) is 17.7. The van der Waals surface area contributed by atoms with Crippen molar-refractivity contribution < 1.29 is 9.90 Å². The van der Waals surface area contributed by atoms with E-state index in [0.29, 0.717) is 11.5 Å². The first-order valence-corrected chi connectivity index (χ1v) is 10.3. The number of carboxylic acids is 1. The maximum absolute atomic E-state index is 11.3. The van der Waals surface area contributed by atoms with Crippen LogP contribution in [0.15, 0.2) is 53.7 Å². The van der Waals surface area contributed by atoms with Crippen molar-refractivity contribution in [3.05, 3.63) is 54.4 Å². The number of nitrogens with zero attached hydrogens (tertiary/aromatic N) is 6. The summed E-state index contributed by atoms with van der Waals surface area (Å²) in [5, 5.41) is 18.6. The smallest absolute Gasteiger partial charge is 0.323 e. The number of fused-ring (bicyclic) bond motifs is 4. The third-order valence-corrected chi connectivity index (χ3v) is 5.87. The fraction of sp³-hybridized carbons (Fsp3) is 0.200. The number of carboxylic acid groups (broad SMARTS) is 1. The molecule has 0 amide bonds. The van der Waals surface area contributed by atoms with Crippen molar-refractivity contribution in [3.8, 4) is 0 Å². The molecule has 3 heterocycles. The number of thioether (sulfide) groups is 1. The number of hydrogen-bond acceptors (Lipinski definition) is 5. The zero-order valence-corrected chi connectivity index (χ0v) is 16.5. The molecular formula is C20H18N6O2S. The molecule has 1 N–H and O–H groups in total. The van der Waals surface area contributed by atoms with E-state index in [-0.39, 0.29) is 6.54 Å². The van der Waals surface area contributed by atoms with Crippen LogP contribution in [-0.2, 0) is 23.6 Å². The predicted octanol–water partition coefficient (Wildman–Crippen LogP) is 3.43.